The van der Waals surface area contributed by atoms with Crippen LogP contribution in [0.5, 0.6) is 0 Å². The Morgan fingerprint density at radius 1 is 1.35 bits per heavy atom. The molecule has 2 nitrogen and oxygen atoms in total. The molecule has 0 saturated heterocycles. The number of ether oxygens (including phenoxy) is 1. The van der Waals surface area contributed by atoms with Crippen LogP contribution in [0.15, 0.2) is 35.8 Å². The molecule has 1 aliphatic carbocycles. The van der Waals surface area contributed by atoms with Gasteiger partial charge in [0, 0.05) is 12.5 Å². The highest BCUT2D eigenvalue weighted by Gasteiger charge is 2.21. The highest BCUT2D eigenvalue weighted by Crippen LogP contribution is 2.29. The normalized spacial score (nSPS) is 16.6. The average molecular weight is 252 g/mol. The van der Waals surface area contributed by atoms with Gasteiger partial charge in [-0.15, -0.1) is 0 Å². The summed E-state index contributed by atoms with van der Waals surface area (Å²) < 4.78 is 11.7. The van der Waals surface area contributed by atoms with Crippen molar-refractivity contribution in [3.05, 3.63) is 35.8 Å². The summed E-state index contributed by atoms with van der Waals surface area (Å²) in [6, 6.07) is 0. The topological polar surface area (TPSA) is 18.5 Å². The summed E-state index contributed by atoms with van der Waals surface area (Å²) in [6.07, 6.45) is 6.95. The van der Waals surface area contributed by atoms with E-state index in [1.807, 2.05) is 0 Å². The van der Waals surface area contributed by atoms with Crippen LogP contribution in [0.3, 0.4) is 0 Å². The quantitative estimate of drug-likeness (QED) is 0.516. The van der Waals surface area contributed by atoms with Gasteiger partial charge in [-0.25, -0.2) is 0 Å². The summed E-state index contributed by atoms with van der Waals surface area (Å²) in [4.78, 5) is 0. The summed E-state index contributed by atoms with van der Waals surface area (Å²) in [6.45, 7) is 13.1. The molecular weight excluding hydrogens is 228 g/mol. The first-order chi connectivity index (χ1) is 7.96. The molecule has 0 aromatic carbocycles. The van der Waals surface area contributed by atoms with Crippen LogP contribution < -0.4 is 0 Å². The first-order valence-corrected chi connectivity index (χ1v) is 9.72. The maximum absolute atomic E-state index is 6.13. The molecule has 0 amide bonds. The van der Waals surface area contributed by atoms with E-state index in [1.54, 1.807) is 6.08 Å². The minimum Gasteiger partial charge on any atom is -0.544 e. The van der Waals surface area contributed by atoms with Crippen LogP contribution in [0.1, 0.15) is 26.2 Å². The van der Waals surface area contributed by atoms with Crippen molar-refractivity contribution in [2.24, 2.45) is 0 Å². The lowest BCUT2D eigenvalue weighted by molar-refractivity contribution is 0.230. The van der Waals surface area contributed by atoms with Crippen LogP contribution in [0.4, 0.5) is 0 Å². The second-order valence-electron chi connectivity index (χ2n) is 5.25. The molecule has 17 heavy (non-hydrogen) atoms. The minimum absolute atomic E-state index is 0.577. The summed E-state index contributed by atoms with van der Waals surface area (Å²) in [5.41, 5.74) is 1.42. The third-order valence-corrected chi connectivity index (χ3v) is 3.38. The Kier molecular flexibility index (Phi) is 5.06. The Morgan fingerprint density at radius 2 is 2.06 bits per heavy atom. The molecule has 3 heteroatoms. The van der Waals surface area contributed by atoms with Crippen molar-refractivity contribution in [3.8, 4) is 0 Å². The fourth-order valence-electron chi connectivity index (χ4n) is 1.78. The van der Waals surface area contributed by atoms with E-state index in [1.165, 1.54) is 5.57 Å². The van der Waals surface area contributed by atoms with Crippen molar-refractivity contribution in [2.45, 2.75) is 45.8 Å². The SMILES string of the molecule is C=CCOC1=CC(O[Si](C)(C)C)=C(CC)CC1. The largest absolute Gasteiger partial charge is 0.544 e. The third kappa shape index (κ3) is 4.82. The number of hydrogen-bond donors (Lipinski definition) is 0. The van der Waals surface area contributed by atoms with E-state index in [0.29, 0.717) is 6.61 Å². The van der Waals surface area contributed by atoms with Gasteiger partial charge in [0.25, 0.3) is 0 Å². The maximum atomic E-state index is 6.13. The Hall–Kier alpha value is -0.963. The maximum Gasteiger partial charge on any atom is 0.242 e. The smallest absolute Gasteiger partial charge is 0.242 e. The molecule has 0 fully saturated rings. The summed E-state index contributed by atoms with van der Waals surface area (Å²) >= 11 is 0. The van der Waals surface area contributed by atoms with Crippen LogP contribution in [0, 0.1) is 0 Å². The highest BCUT2D eigenvalue weighted by molar-refractivity contribution is 6.70. The number of rotatable bonds is 6. The van der Waals surface area contributed by atoms with Gasteiger partial charge in [0.15, 0.2) is 0 Å². The standard InChI is InChI=1S/C14H24O2Si/c1-6-10-15-13-9-8-12(7-2)14(11-13)16-17(3,4)5/h6,11H,1,7-10H2,2-5H3. The summed E-state index contributed by atoms with van der Waals surface area (Å²) in [5.74, 6) is 2.08. The van der Waals surface area contributed by atoms with Crippen LogP contribution in [0.25, 0.3) is 0 Å². The fourth-order valence-corrected chi connectivity index (χ4v) is 2.64. The lowest BCUT2D eigenvalue weighted by Gasteiger charge is -2.26. The molecule has 1 rings (SSSR count). The molecule has 0 radical (unpaired) electrons. The molecule has 0 aliphatic heterocycles. The lowest BCUT2D eigenvalue weighted by atomic mass is 10.0. The van der Waals surface area contributed by atoms with E-state index in [9.17, 15) is 0 Å². The first-order valence-electron chi connectivity index (χ1n) is 6.31. The Morgan fingerprint density at radius 3 is 2.59 bits per heavy atom. The van der Waals surface area contributed by atoms with E-state index < -0.39 is 8.32 Å². The van der Waals surface area contributed by atoms with E-state index in [-0.39, 0.29) is 0 Å². The predicted molar refractivity (Wildman–Crippen MR) is 75.2 cm³/mol. The predicted octanol–water partition coefficient (Wildman–Crippen LogP) is 4.38. The van der Waals surface area contributed by atoms with Gasteiger partial charge in [-0.2, -0.15) is 0 Å². The molecule has 0 heterocycles. The van der Waals surface area contributed by atoms with Crippen LogP contribution in [-0.2, 0) is 9.16 Å². The number of hydrogen-bond acceptors (Lipinski definition) is 2. The van der Waals surface area contributed by atoms with Crippen molar-refractivity contribution >= 4 is 8.32 Å². The van der Waals surface area contributed by atoms with Gasteiger partial charge in [-0.3, -0.25) is 0 Å². The van der Waals surface area contributed by atoms with Gasteiger partial charge >= 0.3 is 0 Å². The van der Waals surface area contributed by atoms with Crippen LogP contribution >= 0.6 is 0 Å². The molecule has 0 unspecified atom stereocenters. The van der Waals surface area contributed by atoms with Crippen LogP contribution in [0.2, 0.25) is 19.6 Å². The van der Waals surface area contributed by atoms with E-state index >= 15 is 0 Å². The van der Waals surface area contributed by atoms with Gasteiger partial charge < -0.3 is 9.16 Å². The number of allylic oxidation sites excluding steroid dienone is 3. The third-order valence-electron chi connectivity index (χ3n) is 2.54. The van der Waals surface area contributed by atoms with Gasteiger partial charge in [-0.1, -0.05) is 19.6 Å². The molecule has 0 N–H and O–H groups in total. The van der Waals surface area contributed by atoms with Crippen molar-refractivity contribution < 1.29 is 9.16 Å². The Balaban J connectivity index is 2.81. The van der Waals surface area contributed by atoms with Gasteiger partial charge in [0.2, 0.25) is 8.32 Å². The minimum atomic E-state index is -1.54. The second-order valence-corrected chi connectivity index (χ2v) is 9.67. The van der Waals surface area contributed by atoms with E-state index in [2.05, 4.69) is 39.2 Å². The molecule has 0 aromatic rings. The molecule has 0 bridgehead atoms. The molecular formula is C14H24O2Si. The zero-order chi connectivity index (χ0) is 12.9. The molecule has 0 atom stereocenters. The lowest BCUT2D eigenvalue weighted by Crippen LogP contribution is -2.25. The molecule has 0 spiro atoms. The summed E-state index contributed by atoms with van der Waals surface area (Å²) in [5, 5.41) is 0. The van der Waals surface area contributed by atoms with Gasteiger partial charge in [0.05, 0.1) is 0 Å². The van der Waals surface area contributed by atoms with E-state index in [0.717, 1.165) is 30.8 Å². The van der Waals surface area contributed by atoms with Crippen molar-refractivity contribution in [2.75, 3.05) is 6.61 Å². The zero-order valence-electron chi connectivity index (χ0n) is 11.5. The average Bonchev–Trinajstić information content (AvgIpc) is 2.24. The Labute approximate surface area is 106 Å². The molecule has 1 aliphatic rings. The summed E-state index contributed by atoms with van der Waals surface area (Å²) in [7, 11) is -1.54. The first kappa shape index (κ1) is 14.1. The van der Waals surface area contributed by atoms with Gasteiger partial charge in [0.1, 0.15) is 18.1 Å². The second kappa shape index (κ2) is 6.10. The monoisotopic (exact) mass is 252 g/mol. The zero-order valence-corrected chi connectivity index (χ0v) is 12.5. The molecule has 0 aromatic heterocycles. The fraction of sp³-hybridized carbons (Fsp3) is 0.571. The van der Waals surface area contributed by atoms with Crippen molar-refractivity contribution in [1.29, 1.82) is 0 Å². The molecule has 96 valence electrons. The van der Waals surface area contributed by atoms with E-state index in [4.69, 9.17) is 9.16 Å². The Bertz CT molecular complexity index is 335. The van der Waals surface area contributed by atoms with Crippen LogP contribution in [-0.4, -0.2) is 14.9 Å². The van der Waals surface area contributed by atoms with Crippen molar-refractivity contribution in [1.82, 2.24) is 0 Å². The molecule has 0 saturated carbocycles. The van der Waals surface area contributed by atoms with Crippen molar-refractivity contribution in [3.63, 3.8) is 0 Å². The highest BCUT2D eigenvalue weighted by atomic mass is 28.4. The van der Waals surface area contributed by atoms with Gasteiger partial charge in [-0.05, 0) is 38.1 Å².